The first-order chi connectivity index (χ1) is 19.7. The Morgan fingerprint density at radius 3 is 2.21 bits per heavy atom. The smallest absolute Gasteiger partial charge is 0.315 e. The second-order valence-corrected chi connectivity index (χ2v) is 13.4. The van der Waals surface area contributed by atoms with Crippen molar-refractivity contribution in [3.8, 4) is 0 Å². The summed E-state index contributed by atoms with van der Waals surface area (Å²) in [7, 11) is 0. The van der Waals surface area contributed by atoms with Gasteiger partial charge in [0.2, 0.25) is 11.7 Å². The van der Waals surface area contributed by atoms with E-state index < -0.39 is 41.1 Å². The molecule has 3 amide bonds. The number of Topliss-reactive ketones (excluding diaryl/α,β-unsaturated/α-hetero) is 4. The molecule has 1 unspecified atom stereocenters. The lowest BCUT2D eigenvalue weighted by molar-refractivity contribution is -0.143. The van der Waals surface area contributed by atoms with Crippen LogP contribution in [-0.4, -0.2) is 64.1 Å². The van der Waals surface area contributed by atoms with Gasteiger partial charge in [-0.1, -0.05) is 39.2 Å². The van der Waals surface area contributed by atoms with Crippen LogP contribution in [0.4, 0.5) is 4.79 Å². The molecule has 2 aliphatic rings. The average Bonchev–Trinajstić information content (AvgIpc) is 3.42. The molecule has 9 nitrogen and oxygen atoms in total. The first-order valence-electron chi connectivity index (χ1n) is 15.9. The molecular formula is C33H53N3O6. The Kier molecular flexibility index (Phi) is 14.1. The Labute approximate surface area is 252 Å². The Hall–Kier alpha value is -2.84. The molecule has 0 spiro atoms. The van der Waals surface area contributed by atoms with E-state index in [0.717, 1.165) is 32.1 Å². The maximum absolute atomic E-state index is 14.0. The van der Waals surface area contributed by atoms with Crippen LogP contribution in [0.5, 0.6) is 0 Å². The van der Waals surface area contributed by atoms with Gasteiger partial charge in [-0.2, -0.15) is 0 Å². The number of ketones is 4. The predicted molar refractivity (Wildman–Crippen MR) is 163 cm³/mol. The third-order valence-electron chi connectivity index (χ3n) is 8.35. The van der Waals surface area contributed by atoms with E-state index in [0.29, 0.717) is 38.6 Å². The predicted octanol–water partition coefficient (Wildman–Crippen LogP) is 5.10. The molecule has 1 saturated carbocycles. The summed E-state index contributed by atoms with van der Waals surface area (Å²) in [4.78, 5) is 79.7. The third-order valence-corrected chi connectivity index (χ3v) is 8.35. The van der Waals surface area contributed by atoms with Crippen molar-refractivity contribution in [2.24, 2.45) is 17.8 Å². The molecule has 1 aliphatic heterocycles. The maximum atomic E-state index is 14.0. The highest BCUT2D eigenvalue weighted by Gasteiger charge is 2.41. The minimum absolute atomic E-state index is 0.00423. The Bertz CT molecular complexity index is 992. The number of urea groups is 1. The Morgan fingerprint density at radius 2 is 1.62 bits per heavy atom. The van der Waals surface area contributed by atoms with Crippen LogP contribution < -0.4 is 10.6 Å². The first-order valence-corrected chi connectivity index (χ1v) is 15.9. The van der Waals surface area contributed by atoms with Gasteiger partial charge in [0, 0.05) is 43.2 Å². The van der Waals surface area contributed by atoms with E-state index >= 15 is 0 Å². The number of likely N-dealkylation sites (tertiary alicyclic amines) is 1. The lowest BCUT2D eigenvalue weighted by Gasteiger charge is -2.35. The standard InChI is InChI=1S/C33H53N3O6/c1-7-8-14-24(30(40)27(38)19-12-18-26(37)22(2)3)21-28(39)25-17-13-20-36(25)31(41)29(23-15-10-9-11-16-23)34-32(42)35-33(4,5)6/h7,22-25,29H,1,8-21H2,2-6H3,(H2,34,35,42)/t24?,25-,29-/m0/s1. The summed E-state index contributed by atoms with van der Waals surface area (Å²) >= 11 is 0. The zero-order valence-corrected chi connectivity index (χ0v) is 26.5. The van der Waals surface area contributed by atoms with Gasteiger partial charge >= 0.3 is 6.03 Å². The second-order valence-electron chi connectivity index (χ2n) is 13.4. The lowest BCUT2D eigenvalue weighted by Crippen LogP contribution is -2.58. The Morgan fingerprint density at radius 1 is 0.952 bits per heavy atom. The zero-order valence-electron chi connectivity index (χ0n) is 26.5. The number of hydrogen-bond donors (Lipinski definition) is 2. The van der Waals surface area contributed by atoms with Gasteiger partial charge in [0.15, 0.2) is 11.6 Å². The number of nitrogens with one attached hydrogen (secondary N) is 2. The van der Waals surface area contributed by atoms with E-state index in [4.69, 9.17) is 0 Å². The largest absolute Gasteiger partial charge is 0.334 e. The summed E-state index contributed by atoms with van der Waals surface area (Å²) in [5, 5.41) is 5.81. The molecule has 42 heavy (non-hydrogen) atoms. The van der Waals surface area contributed by atoms with Crippen molar-refractivity contribution in [3.05, 3.63) is 12.7 Å². The molecule has 1 heterocycles. The van der Waals surface area contributed by atoms with Crippen molar-refractivity contribution in [1.29, 1.82) is 0 Å². The van der Waals surface area contributed by atoms with Crippen molar-refractivity contribution in [2.45, 2.75) is 136 Å². The van der Waals surface area contributed by atoms with E-state index in [1.54, 1.807) is 24.8 Å². The van der Waals surface area contributed by atoms with Crippen LogP contribution in [0.3, 0.4) is 0 Å². The quantitative estimate of drug-likeness (QED) is 0.191. The summed E-state index contributed by atoms with van der Waals surface area (Å²) < 4.78 is 0. The number of allylic oxidation sites excluding steroid dienone is 1. The van der Waals surface area contributed by atoms with E-state index in [-0.39, 0.29) is 48.6 Å². The number of nitrogens with zero attached hydrogens (tertiary/aromatic N) is 1. The van der Waals surface area contributed by atoms with Gasteiger partial charge in [-0.3, -0.25) is 24.0 Å². The highest BCUT2D eigenvalue weighted by Crippen LogP contribution is 2.30. The van der Waals surface area contributed by atoms with Gasteiger partial charge in [-0.25, -0.2) is 4.79 Å². The summed E-state index contributed by atoms with van der Waals surface area (Å²) in [5.41, 5.74) is -0.467. The summed E-state index contributed by atoms with van der Waals surface area (Å²) in [6.45, 7) is 13.4. The fourth-order valence-electron chi connectivity index (χ4n) is 6.00. The number of carbonyl (C=O) groups is 6. The van der Waals surface area contributed by atoms with Gasteiger partial charge in [0.25, 0.3) is 0 Å². The number of rotatable bonds is 16. The van der Waals surface area contributed by atoms with Crippen molar-refractivity contribution >= 4 is 35.1 Å². The van der Waals surface area contributed by atoms with Crippen molar-refractivity contribution < 1.29 is 28.8 Å². The molecule has 0 aromatic carbocycles. The Balaban J connectivity index is 2.14. The molecule has 2 fully saturated rings. The summed E-state index contributed by atoms with van der Waals surface area (Å²) in [5.74, 6) is -2.48. The molecule has 0 bridgehead atoms. The lowest BCUT2D eigenvalue weighted by atomic mass is 9.83. The van der Waals surface area contributed by atoms with Crippen molar-refractivity contribution in [2.75, 3.05) is 6.54 Å². The molecule has 1 saturated heterocycles. The number of amides is 3. The van der Waals surface area contributed by atoms with Crippen LogP contribution in [0.2, 0.25) is 0 Å². The van der Waals surface area contributed by atoms with E-state index in [1.807, 2.05) is 20.8 Å². The molecule has 236 valence electrons. The summed E-state index contributed by atoms with van der Waals surface area (Å²) in [6.07, 6.45) is 8.78. The molecule has 2 N–H and O–H groups in total. The van der Waals surface area contributed by atoms with Crippen molar-refractivity contribution in [1.82, 2.24) is 15.5 Å². The monoisotopic (exact) mass is 587 g/mol. The number of carbonyl (C=O) groups excluding carboxylic acids is 6. The molecule has 9 heteroatoms. The third kappa shape index (κ3) is 11.1. The average molecular weight is 588 g/mol. The van der Waals surface area contributed by atoms with Crippen molar-refractivity contribution in [3.63, 3.8) is 0 Å². The number of hydrogen-bond acceptors (Lipinski definition) is 6. The molecule has 3 atom stereocenters. The highest BCUT2D eigenvalue weighted by molar-refractivity contribution is 6.38. The van der Waals surface area contributed by atoms with Gasteiger partial charge < -0.3 is 15.5 Å². The normalized spacial score (nSPS) is 19.2. The topological polar surface area (TPSA) is 130 Å². The van der Waals surface area contributed by atoms with Crippen LogP contribution in [0.1, 0.15) is 118 Å². The van der Waals surface area contributed by atoms with Crippen LogP contribution in [-0.2, 0) is 24.0 Å². The molecule has 2 rings (SSSR count). The maximum Gasteiger partial charge on any atom is 0.315 e. The van der Waals surface area contributed by atoms with Crippen LogP contribution >= 0.6 is 0 Å². The minimum Gasteiger partial charge on any atom is -0.334 e. The van der Waals surface area contributed by atoms with E-state index in [9.17, 15) is 28.8 Å². The van der Waals surface area contributed by atoms with Gasteiger partial charge in [-0.15, -0.1) is 6.58 Å². The van der Waals surface area contributed by atoms with Gasteiger partial charge in [-0.05, 0) is 71.6 Å². The minimum atomic E-state index is -0.786. The zero-order chi connectivity index (χ0) is 31.4. The molecular weight excluding hydrogens is 534 g/mol. The van der Waals surface area contributed by atoms with Crippen LogP contribution in [0, 0.1) is 17.8 Å². The van der Waals surface area contributed by atoms with E-state index in [1.165, 1.54) is 0 Å². The molecule has 1 aliphatic carbocycles. The first kappa shape index (κ1) is 35.4. The SMILES string of the molecule is C=CCCC(CC(=O)[C@@H]1CCCN1C(=O)[C@@H](NC(=O)NC(C)(C)C)C1CCCCC1)C(=O)C(=O)CCCC(=O)C(C)C. The fraction of sp³-hybridized carbons (Fsp3) is 0.758. The molecule has 0 aromatic rings. The van der Waals surface area contributed by atoms with Gasteiger partial charge in [0.1, 0.15) is 11.8 Å². The molecule has 0 aromatic heterocycles. The van der Waals surface area contributed by atoms with Gasteiger partial charge in [0.05, 0.1) is 6.04 Å². The highest BCUT2D eigenvalue weighted by atomic mass is 16.2. The van der Waals surface area contributed by atoms with Crippen LogP contribution in [0.15, 0.2) is 12.7 Å². The second kappa shape index (κ2) is 16.7. The van der Waals surface area contributed by atoms with Crippen LogP contribution in [0.25, 0.3) is 0 Å². The summed E-state index contributed by atoms with van der Waals surface area (Å²) in [6, 6.07) is -1.82. The molecule has 0 radical (unpaired) electrons. The fourth-order valence-corrected chi connectivity index (χ4v) is 6.00. The van der Waals surface area contributed by atoms with E-state index in [2.05, 4.69) is 17.2 Å².